The van der Waals surface area contributed by atoms with E-state index in [1.807, 2.05) is 0 Å². The molecule has 0 heterocycles. The molecule has 0 saturated carbocycles. The van der Waals surface area contributed by atoms with Crippen molar-refractivity contribution in [2.75, 3.05) is 0 Å². The van der Waals surface area contributed by atoms with Crippen LogP contribution in [0, 0.1) is 0 Å². The van der Waals surface area contributed by atoms with E-state index in [9.17, 15) is 26.2 Å². The lowest BCUT2D eigenvalue weighted by atomic mass is 10.1. The summed E-state index contributed by atoms with van der Waals surface area (Å²) in [6, 6.07) is 8.88. The van der Waals surface area contributed by atoms with E-state index in [-0.39, 0.29) is 16.1 Å². The van der Waals surface area contributed by atoms with Gasteiger partial charge in [-0.1, -0.05) is 30.4 Å². The normalized spacial score (nSPS) is 12.1. The lowest BCUT2D eigenvalue weighted by molar-refractivity contribution is 0.481. The van der Waals surface area contributed by atoms with Crippen molar-refractivity contribution >= 4 is 44.2 Å². The number of rotatable bonds is 5. The summed E-state index contributed by atoms with van der Waals surface area (Å²) in [4.78, 5) is 12.8. The molecule has 25 heavy (non-hydrogen) atoms. The molecule has 0 aromatic heterocycles. The maximum atomic E-state index is 11.5. The molecule has 0 unspecified atom stereocenters. The maximum Gasteiger partial charge on any atom is 0.295 e. The van der Waals surface area contributed by atoms with Crippen LogP contribution in [0.1, 0.15) is 11.1 Å². The van der Waals surface area contributed by atoms with E-state index in [0.717, 1.165) is 6.07 Å². The summed E-state index contributed by atoms with van der Waals surface area (Å²) in [6.07, 6.45) is 4.12. The average Bonchev–Trinajstić information content (AvgIpc) is 2.52. The third kappa shape index (κ3) is 4.92. The van der Waals surface area contributed by atoms with Crippen molar-refractivity contribution < 1.29 is 30.7 Å². The van der Waals surface area contributed by atoms with Crippen molar-refractivity contribution in [3.63, 3.8) is 0 Å². The first kappa shape index (κ1) is 18.7. The van der Waals surface area contributed by atoms with Gasteiger partial charge in [-0.25, -0.2) is 4.79 Å². The fourth-order valence-corrected chi connectivity index (χ4v) is 3.13. The molecule has 0 amide bonds. The minimum absolute atomic E-state index is 0.0114. The number of benzene rings is 2. The van der Waals surface area contributed by atoms with Crippen LogP contribution in [-0.4, -0.2) is 32.0 Å². The molecule has 10 heteroatoms. The van der Waals surface area contributed by atoms with E-state index in [1.54, 1.807) is 0 Å². The highest BCUT2D eigenvalue weighted by Gasteiger charge is 2.15. The Hall–Kier alpha value is -2.62. The van der Waals surface area contributed by atoms with E-state index in [2.05, 4.69) is 4.99 Å². The molecule has 0 fully saturated rings. The molecule has 0 aliphatic rings. The Morgan fingerprint density at radius 2 is 1.52 bits per heavy atom. The van der Waals surface area contributed by atoms with Crippen molar-refractivity contribution in [1.29, 1.82) is 0 Å². The lowest BCUT2D eigenvalue weighted by Crippen LogP contribution is -2.00. The van der Waals surface area contributed by atoms with Crippen LogP contribution < -0.4 is 0 Å². The van der Waals surface area contributed by atoms with Crippen LogP contribution in [-0.2, 0) is 25.0 Å². The van der Waals surface area contributed by atoms with Gasteiger partial charge in [0.15, 0.2) is 0 Å². The van der Waals surface area contributed by atoms with Crippen LogP contribution in [0.3, 0.4) is 0 Å². The predicted molar refractivity (Wildman–Crippen MR) is 89.2 cm³/mol. The molecule has 0 atom stereocenters. The summed E-state index contributed by atoms with van der Waals surface area (Å²) in [7, 11) is -8.86. The molecule has 130 valence electrons. The molecule has 2 rings (SSSR count). The topological polar surface area (TPSA) is 138 Å². The first-order valence-corrected chi connectivity index (χ1v) is 9.44. The zero-order chi connectivity index (χ0) is 18.7. The lowest BCUT2D eigenvalue weighted by Gasteiger charge is -2.04. The standard InChI is InChI=1S/C15H11NO7S2/c17-10-16-13-6-5-12(15(9-13)25(21,22)23)4-1-11-2-7-14(8-3-11)24(18,19)20/h1-9H,(H,18,19,20)(H,21,22,23). The van der Waals surface area contributed by atoms with Crippen molar-refractivity contribution in [3.8, 4) is 0 Å². The molecule has 0 aliphatic heterocycles. The fourth-order valence-electron chi connectivity index (χ4n) is 1.94. The quantitative estimate of drug-likeness (QED) is 0.351. The summed E-state index contributed by atoms with van der Waals surface area (Å²) >= 11 is 0. The van der Waals surface area contributed by atoms with Crippen LogP contribution in [0.15, 0.2) is 57.2 Å². The van der Waals surface area contributed by atoms with Crippen molar-refractivity contribution in [3.05, 3.63) is 53.6 Å². The minimum atomic E-state index is -4.56. The Morgan fingerprint density at radius 1 is 0.880 bits per heavy atom. The van der Waals surface area contributed by atoms with E-state index >= 15 is 0 Å². The molecule has 0 aliphatic carbocycles. The van der Waals surface area contributed by atoms with Gasteiger partial charge in [-0.15, -0.1) is 0 Å². The molecular formula is C15H11NO7S2. The Kier molecular flexibility index (Phi) is 5.31. The van der Waals surface area contributed by atoms with Gasteiger partial charge < -0.3 is 0 Å². The maximum absolute atomic E-state index is 11.5. The zero-order valence-electron chi connectivity index (χ0n) is 12.4. The van der Waals surface area contributed by atoms with E-state index in [4.69, 9.17) is 4.55 Å². The zero-order valence-corrected chi connectivity index (χ0v) is 14.0. The Labute approximate surface area is 143 Å². The smallest absolute Gasteiger partial charge is 0.282 e. The van der Waals surface area contributed by atoms with Crippen molar-refractivity contribution in [2.24, 2.45) is 4.99 Å². The Balaban J connectivity index is 2.42. The van der Waals surface area contributed by atoms with Crippen LogP contribution >= 0.6 is 0 Å². The second kappa shape index (κ2) is 7.09. The van der Waals surface area contributed by atoms with Crippen LogP contribution in [0.25, 0.3) is 12.2 Å². The first-order valence-electron chi connectivity index (χ1n) is 6.56. The third-order valence-electron chi connectivity index (χ3n) is 3.08. The number of aliphatic imine (C=N–C) groups is 1. The highest BCUT2D eigenvalue weighted by atomic mass is 32.2. The van der Waals surface area contributed by atoms with E-state index < -0.39 is 25.1 Å². The van der Waals surface area contributed by atoms with Crippen molar-refractivity contribution in [1.82, 2.24) is 0 Å². The average molecular weight is 381 g/mol. The monoisotopic (exact) mass is 381 g/mol. The van der Waals surface area contributed by atoms with Gasteiger partial charge in [-0.3, -0.25) is 9.11 Å². The molecular weight excluding hydrogens is 370 g/mol. The molecule has 0 bridgehead atoms. The largest absolute Gasteiger partial charge is 0.295 e. The summed E-state index contributed by atoms with van der Waals surface area (Å²) in [6.45, 7) is 0. The van der Waals surface area contributed by atoms with Crippen LogP contribution in [0.5, 0.6) is 0 Å². The van der Waals surface area contributed by atoms with E-state index in [1.165, 1.54) is 54.6 Å². The third-order valence-corrected chi connectivity index (χ3v) is 4.86. The number of carbonyl (C=O) groups excluding carboxylic acids is 1. The minimum Gasteiger partial charge on any atom is -0.282 e. The number of nitrogens with zero attached hydrogens (tertiary/aromatic N) is 1. The predicted octanol–water partition coefficient (Wildman–Crippen LogP) is 2.32. The molecule has 0 radical (unpaired) electrons. The van der Waals surface area contributed by atoms with Gasteiger partial charge in [0.1, 0.15) is 4.90 Å². The second-order valence-corrected chi connectivity index (χ2v) is 7.59. The summed E-state index contributed by atoms with van der Waals surface area (Å²) in [5.74, 6) is 0. The van der Waals surface area contributed by atoms with Gasteiger partial charge in [0.05, 0.1) is 10.6 Å². The first-order chi connectivity index (χ1) is 11.6. The highest BCUT2D eigenvalue weighted by Crippen LogP contribution is 2.24. The summed E-state index contributed by atoms with van der Waals surface area (Å²) < 4.78 is 63.1. The van der Waals surface area contributed by atoms with Gasteiger partial charge in [0.25, 0.3) is 20.2 Å². The Bertz CT molecular complexity index is 1080. The van der Waals surface area contributed by atoms with Crippen LogP contribution in [0.2, 0.25) is 0 Å². The SMILES string of the molecule is O=C=Nc1ccc(C=Cc2ccc(S(=O)(=O)O)cc2)c(S(=O)(=O)O)c1. The molecule has 2 N–H and O–H groups in total. The molecule has 0 saturated heterocycles. The van der Waals surface area contributed by atoms with Gasteiger partial charge in [0.2, 0.25) is 6.08 Å². The second-order valence-electron chi connectivity index (χ2n) is 4.78. The number of hydrogen-bond acceptors (Lipinski definition) is 6. The van der Waals surface area contributed by atoms with Crippen LogP contribution in [0.4, 0.5) is 5.69 Å². The molecule has 2 aromatic carbocycles. The van der Waals surface area contributed by atoms with Gasteiger partial charge in [-0.2, -0.15) is 21.8 Å². The molecule has 8 nitrogen and oxygen atoms in total. The summed E-state index contributed by atoms with van der Waals surface area (Å²) in [5.41, 5.74) is 0.659. The Morgan fingerprint density at radius 3 is 2.04 bits per heavy atom. The van der Waals surface area contributed by atoms with Gasteiger partial charge >= 0.3 is 0 Å². The fraction of sp³-hybridized carbons (Fsp3) is 0. The molecule has 0 spiro atoms. The van der Waals surface area contributed by atoms with Crippen molar-refractivity contribution in [2.45, 2.75) is 9.79 Å². The van der Waals surface area contributed by atoms with E-state index in [0.29, 0.717) is 5.56 Å². The number of hydrogen-bond donors (Lipinski definition) is 2. The van der Waals surface area contributed by atoms with Gasteiger partial charge in [0, 0.05) is 0 Å². The molecule has 2 aromatic rings. The highest BCUT2D eigenvalue weighted by molar-refractivity contribution is 7.86. The number of isocyanates is 1. The van der Waals surface area contributed by atoms with Gasteiger partial charge in [-0.05, 0) is 35.4 Å². The summed E-state index contributed by atoms with van der Waals surface area (Å²) in [5, 5.41) is 0.